The number of amides is 1. The largest absolute Gasteiger partial charge is 0.489 e. The topological polar surface area (TPSA) is 142 Å². The van der Waals surface area contributed by atoms with E-state index in [9.17, 15) is 18.3 Å². The maximum atomic E-state index is 14.0. The van der Waals surface area contributed by atoms with Gasteiger partial charge < -0.3 is 38.8 Å². The van der Waals surface area contributed by atoms with Crippen LogP contribution in [0.3, 0.4) is 0 Å². The van der Waals surface area contributed by atoms with Crippen LogP contribution in [0.2, 0.25) is 0 Å². The molecule has 5 atom stereocenters. The van der Waals surface area contributed by atoms with Gasteiger partial charge in [-0.15, -0.1) is 11.3 Å². The lowest BCUT2D eigenvalue weighted by atomic mass is 10.0. The summed E-state index contributed by atoms with van der Waals surface area (Å²) < 4.78 is 64.2. The number of hydrogen-bond acceptors (Lipinski definition) is 11. The summed E-state index contributed by atoms with van der Waals surface area (Å²) in [7, 11) is -4.07. The predicted molar refractivity (Wildman–Crippen MR) is 189 cm³/mol. The van der Waals surface area contributed by atoms with Crippen molar-refractivity contribution in [2.24, 2.45) is 11.8 Å². The van der Waals surface area contributed by atoms with Crippen LogP contribution in [0.15, 0.2) is 77.0 Å². The molecule has 3 aromatic carbocycles. The van der Waals surface area contributed by atoms with Gasteiger partial charge in [0, 0.05) is 29.4 Å². The number of sulfonamides is 1. The Bertz CT molecular complexity index is 1930. The highest BCUT2D eigenvalue weighted by Crippen LogP contribution is 2.35. The van der Waals surface area contributed by atoms with Crippen LogP contribution in [0.5, 0.6) is 17.2 Å². The van der Waals surface area contributed by atoms with Gasteiger partial charge in [0.1, 0.15) is 18.5 Å². The SMILES string of the molecule is CC(C)CN(C[C@@H](O)[C@H](Cc1ccc(OCc2csc3ccccc23)cc1)NC(=O)OC1COC2OCCC12)S(=O)(=O)c1ccc2c(c1)OCO2. The van der Waals surface area contributed by atoms with Crippen LogP contribution >= 0.6 is 11.3 Å². The van der Waals surface area contributed by atoms with Crippen molar-refractivity contribution in [1.29, 1.82) is 0 Å². The minimum atomic E-state index is -4.07. The van der Waals surface area contributed by atoms with E-state index in [1.54, 1.807) is 17.4 Å². The number of fused-ring (bicyclic) bond motifs is 3. The molecule has 4 heterocycles. The number of rotatable bonds is 14. The van der Waals surface area contributed by atoms with E-state index in [0.29, 0.717) is 36.9 Å². The van der Waals surface area contributed by atoms with Crippen molar-refractivity contribution >= 4 is 37.5 Å². The van der Waals surface area contributed by atoms with Gasteiger partial charge in [-0.3, -0.25) is 0 Å². The molecule has 14 heteroatoms. The lowest BCUT2D eigenvalue weighted by Gasteiger charge is -2.31. The summed E-state index contributed by atoms with van der Waals surface area (Å²) in [6.07, 6.45) is -2.00. The summed E-state index contributed by atoms with van der Waals surface area (Å²) in [6.45, 7) is 4.83. The molecule has 3 aliphatic rings. The second-order valence-electron chi connectivity index (χ2n) is 13.4. The first-order valence-corrected chi connectivity index (χ1v) is 19.4. The van der Waals surface area contributed by atoms with E-state index in [4.69, 9.17) is 28.4 Å². The second-order valence-corrected chi connectivity index (χ2v) is 16.3. The first-order valence-electron chi connectivity index (χ1n) is 17.1. The van der Waals surface area contributed by atoms with Crippen LogP contribution in [0.4, 0.5) is 4.79 Å². The molecule has 1 aromatic heterocycles. The highest BCUT2D eigenvalue weighted by atomic mass is 32.2. The highest BCUT2D eigenvalue weighted by molar-refractivity contribution is 7.89. The molecule has 0 saturated carbocycles. The zero-order valence-corrected chi connectivity index (χ0v) is 30.1. The fraction of sp³-hybridized carbons (Fsp3) is 0.432. The van der Waals surface area contributed by atoms with Gasteiger partial charge in [0.15, 0.2) is 17.8 Å². The number of nitrogens with one attached hydrogen (secondary N) is 1. The van der Waals surface area contributed by atoms with Gasteiger partial charge in [0.05, 0.1) is 36.2 Å². The van der Waals surface area contributed by atoms with Gasteiger partial charge in [-0.2, -0.15) is 4.31 Å². The molecule has 0 spiro atoms. The van der Waals surface area contributed by atoms with Gasteiger partial charge in [0.25, 0.3) is 0 Å². The van der Waals surface area contributed by atoms with E-state index in [1.165, 1.54) is 26.5 Å². The maximum absolute atomic E-state index is 14.0. The van der Waals surface area contributed by atoms with E-state index in [1.807, 2.05) is 50.2 Å². The molecular formula is C37H42N2O10S2. The van der Waals surface area contributed by atoms with E-state index in [0.717, 1.165) is 11.1 Å². The van der Waals surface area contributed by atoms with Crippen LogP contribution < -0.4 is 19.5 Å². The van der Waals surface area contributed by atoms with Gasteiger partial charge >= 0.3 is 6.09 Å². The number of nitrogens with zero attached hydrogens (tertiary/aromatic N) is 1. The molecule has 3 unspecified atom stereocenters. The minimum Gasteiger partial charge on any atom is -0.489 e. The van der Waals surface area contributed by atoms with Gasteiger partial charge in [-0.05, 0) is 65.4 Å². The Morgan fingerprint density at radius 1 is 1.04 bits per heavy atom. The quantitative estimate of drug-likeness (QED) is 0.175. The molecule has 1 amide bonds. The summed E-state index contributed by atoms with van der Waals surface area (Å²) >= 11 is 1.68. The third kappa shape index (κ3) is 8.11. The first-order chi connectivity index (χ1) is 24.6. The van der Waals surface area contributed by atoms with Crippen LogP contribution in [0.1, 0.15) is 31.4 Å². The molecule has 2 N–H and O–H groups in total. The minimum absolute atomic E-state index is 0.0109. The molecule has 51 heavy (non-hydrogen) atoms. The Kier molecular flexibility index (Phi) is 10.7. The fourth-order valence-electron chi connectivity index (χ4n) is 6.64. The average Bonchev–Trinajstić information content (AvgIpc) is 3.93. The van der Waals surface area contributed by atoms with Crippen molar-refractivity contribution in [1.82, 2.24) is 9.62 Å². The second kappa shape index (κ2) is 15.4. The number of carbonyl (C=O) groups excluding carboxylic acids is 1. The molecule has 0 radical (unpaired) electrons. The summed E-state index contributed by atoms with van der Waals surface area (Å²) in [5.41, 5.74) is 1.91. The standard InChI is InChI=1S/C37H42N2O10S2/c1-23(2)17-39(51(42,43)27-11-12-32-33(16-27)48-22-47-32)18-31(40)30(38-37(41)49-34-20-46-36-29(34)13-14-44-36)15-24-7-9-26(10-8-24)45-19-25-21-50-35-6-4-3-5-28(25)35/h3-12,16,21,23,29-31,34,36,40H,13-15,17-20,22H2,1-2H3,(H,38,41)/t29?,30-,31+,34?,36?/m0/s1. The first kappa shape index (κ1) is 35.5. The normalized spacial score (nSPS) is 20.8. The van der Waals surface area contributed by atoms with Crippen molar-refractivity contribution in [3.63, 3.8) is 0 Å². The van der Waals surface area contributed by atoms with Crippen molar-refractivity contribution in [3.8, 4) is 17.2 Å². The molecule has 7 rings (SSSR count). The average molecular weight is 739 g/mol. The summed E-state index contributed by atoms with van der Waals surface area (Å²) in [5.74, 6) is 1.36. The predicted octanol–water partition coefficient (Wildman–Crippen LogP) is 5.32. The molecule has 272 valence electrons. The number of ether oxygens (including phenoxy) is 6. The molecule has 0 bridgehead atoms. The number of alkyl carbamates (subject to hydrolysis) is 1. The molecule has 3 aliphatic heterocycles. The molecular weight excluding hydrogens is 697 g/mol. The molecule has 0 aliphatic carbocycles. The summed E-state index contributed by atoms with van der Waals surface area (Å²) in [5, 5.41) is 17.8. The van der Waals surface area contributed by atoms with Gasteiger partial charge in [-0.1, -0.05) is 44.2 Å². The number of hydrogen-bond donors (Lipinski definition) is 2. The molecule has 12 nitrogen and oxygen atoms in total. The lowest BCUT2D eigenvalue weighted by molar-refractivity contribution is -0.0907. The van der Waals surface area contributed by atoms with Crippen LogP contribution in [0.25, 0.3) is 10.1 Å². The Hall–Kier alpha value is -3.92. The van der Waals surface area contributed by atoms with Gasteiger partial charge in [0.2, 0.25) is 16.8 Å². The summed E-state index contributed by atoms with van der Waals surface area (Å²) in [6, 6.07) is 19.2. The number of thiophene rings is 1. The third-order valence-electron chi connectivity index (χ3n) is 9.29. The number of aliphatic hydroxyl groups is 1. The van der Waals surface area contributed by atoms with Gasteiger partial charge in [-0.25, -0.2) is 13.2 Å². The monoisotopic (exact) mass is 738 g/mol. The van der Waals surface area contributed by atoms with E-state index in [2.05, 4.69) is 22.8 Å². The Morgan fingerprint density at radius 3 is 2.67 bits per heavy atom. The lowest BCUT2D eigenvalue weighted by Crippen LogP contribution is -2.51. The fourth-order valence-corrected chi connectivity index (χ4v) is 9.22. The van der Waals surface area contributed by atoms with Crippen molar-refractivity contribution in [2.45, 2.75) is 62.7 Å². The zero-order chi connectivity index (χ0) is 35.5. The van der Waals surface area contributed by atoms with Crippen LogP contribution in [-0.4, -0.2) is 81.6 Å². The number of benzene rings is 3. The molecule has 2 fully saturated rings. The van der Waals surface area contributed by atoms with Crippen LogP contribution in [-0.2, 0) is 37.3 Å². The van der Waals surface area contributed by atoms with Crippen molar-refractivity contribution in [2.75, 3.05) is 33.1 Å². The van der Waals surface area contributed by atoms with Crippen molar-refractivity contribution in [3.05, 3.63) is 83.2 Å². The maximum Gasteiger partial charge on any atom is 0.407 e. The smallest absolute Gasteiger partial charge is 0.407 e. The Morgan fingerprint density at radius 2 is 1.84 bits per heavy atom. The number of carbonyl (C=O) groups is 1. The Balaban J connectivity index is 1.07. The third-order valence-corrected chi connectivity index (χ3v) is 12.1. The molecule has 2 saturated heterocycles. The highest BCUT2D eigenvalue weighted by Gasteiger charge is 2.44. The van der Waals surface area contributed by atoms with E-state index >= 15 is 0 Å². The summed E-state index contributed by atoms with van der Waals surface area (Å²) in [4.78, 5) is 13.3. The zero-order valence-electron chi connectivity index (χ0n) is 28.4. The van der Waals surface area contributed by atoms with Crippen LogP contribution in [0, 0.1) is 11.8 Å². The Labute approximate surface area is 301 Å². The van der Waals surface area contributed by atoms with E-state index in [-0.39, 0.29) is 49.6 Å². The van der Waals surface area contributed by atoms with Crippen molar-refractivity contribution < 1.29 is 46.7 Å². The molecule has 4 aromatic rings. The number of aliphatic hydroxyl groups excluding tert-OH is 1. The van der Waals surface area contributed by atoms with E-state index < -0.39 is 40.7 Å².